The molecular formula is C25H27N9O2. The number of anilines is 1. The number of nitrogens with zero attached hydrogens (tertiary/aromatic N) is 7. The van der Waals surface area contributed by atoms with Gasteiger partial charge >= 0.3 is 6.03 Å². The third-order valence-corrected chi connectivity index (χ3v) is 7.51. The molecule has 6 rings (SSSR count). The van der Waals surface area contributed by atoms with Crippen molar-refractivity contribution in [1.82, 2.24) is 34.3 Å². The van der Waals surface area contributed by atoms with E-state index in [2.05, 4.69) is 15.2 Å². The molecule has 11 nitrogen and oxygen atoms in total. The molecule has 4 N–H and O–H groups in total. The lowest BCUT2D eigenvalue weighted by Gasteiger charge is -2.38. The number of amides is 2. The second-order valence-corrected chi connectivity index (χ2v) is 9.74. The van der Waals surface area contributed by atoms with Crippen LogP contribution in [0.25, 0.3) is 28.0 Å². The normalized spacial score (nSPS) is 21.3. The summed E-state index contributed by atoms with van der Waals surface area (Å²) in [6, 6.07) is 3.63. The molecule has 0 radical (unpaired) electrons. The van der Waals surface area contributed by atoms with E-state index in [4.69, 9.17) is 16.5 Å². The van der Waals surface area contributed by atoms with Crippen LogP contribution in [0.2, 0.25) is 0 Å². The first-order chi connectivity index (χ1) is 17.3. The summed E-state index contributed by atoms with van der Waals surface area (Å²) in [5.74, 6) is 0.123. The van der Waals surface area contributed by atoms with Crippen LogP contribution >= 0.6 is 0 Å². The Labute approximate surface area is 207 Å². The van der Waals surface area contributed by atoms with Gasteiger partial charge in [0.2, 0.25) is 0 Å². The van der Waals surface area contributed by atoms with Crippen LogP contribution in [0.3, 0.4) is 0 Å². The zero-order valence-electron chi connectivity index (χ0n) is 20.1. The zero-order valence-corrected chi connectivity index (χ0v) is 20.1. The molecule has 0 unspecified atom stereocenters. The average molecular weight is 486 g/mol. The van der Waals surface area contributed by atoms with Gasteiger partial charge < -0.3 is 16.4 Å². The van der Waals surface area contributed by atoms with E-state index in [0.29, 0.717) is 29.7 Å². The quantitative estimate of drug-likeness (QED) is 0.422. The van der Waals surface area contributed by atoms with Gasteiger partial charge in [0.05, 0.1) is 29.3 Å². The molecule has 3 atom stereocenters. The Kier molecular flexibility index (Phi) is 5.02. The second kappa shape index (κ2) is 8.14. The molecule has 2 aliphatic heterocycles. The highest BCUT2D eigenvalue weighted by Crippen LogP contribution is 2.44. The number of hydrogen-bond donors (Lipinski definition) is 2. The molecule has 2 aliphatic rings. The first-order valence-corrected chi connectivity index (χ1v) is 12.0. The van der Waals surface area contributed by atoms with Crippen LogP contribution in [0.4, 0.5) is 10.6 Å². The SMILES string of the molecule is CC(=O)c1c([C@@H]2C[C@H]3CC[C@@H](C2)N3C(N)=O)nc2c(-c3ccc(-c4cnn(C)c4)nc3)cnn2c1N. The summed E-state index contributed by atoms with van der Waals surface area (Å²) >= 11 is 0. The highest BCUT2D eigenvalue weighted by Gasteiger charge is 2.44. The second-order valence-electron chi connectivity index (χ2n) is 9.74. The highest BCUT2D eigenvalue weighted by molar-refractivity contribution is 6.00. The number of urea groups is 1. The first kappa shape index (κ1) is 22.2. The van der Waals surface area contributed by atoms with Crippen LogP contribution in [-0.4, -0.2) is 58.2 Å². The summed E-state index contributed by atoms with van der Waals surface area (Å²) in [6.07, 6.45) is 10.4. The van der Waals surface area contributed by atoms with E-state index in [9.17, 15) is 9.59 Å². The number of carbonyl (C=O) groups is 2. The summed E-state index contributed by atoms with van der Waals surface area (Å²) in [4.78, 5) is 36.1. The molecular weight excluding hydrogens is 458 g/mol. The molecule has 4 aromatic heterocycles. The molecule has 0 saturated carbocycles. The molecule has 2 bridgehead atoms. The van der Waals surface area contributed by atoms with Crippen molar-refractivity contribution in [3.63, 3.8) is 0 Å². The summed E-state index contributed by atoms with van der Waals surface area (Å²) in [6.45, 7) is 1.50. The molecule has 4 aromatic rings. The van der Waals surface area contributed by atoms with E-state index >= 15 is 0 Å². The summed E-state index contributed by atoms with van der Waals surface area (Å²) in [5, 5.41) is 8.66. The topological polar surface area (TPSA) is 150 Å². The molecule has 11 heteroatoms. The van der Waals surface area contributed by atoms with E-state index in [1.165, 1.54) is 11.4 Å². The number of hydrogen-bond acceptors (Lipinski definition) is 7. The summed E-state index contributed by atoms with van der Waals surface area (Å²) < 4.78 is 3.26. The molecule has 6 heterocycles. The predicted octanol–water partition coefficient (Wildman–Crippen LogP) is 2.77. The monoisotopic (exact) mass is 485 g/mol. The third kappa shape index (κ3) is 3.42. The first-order valence-electron chi connectivity index (χ1n) is 12.0. The zero-order chi connectivity index (χ0) is 25.1. The van der Waals surface area contributed by atoms with E-state index < -0.39 is 0 Å². The Morgan fingerprint density at radius 2 is 1.78 bits per heavy atom. The minimum absolute atomic E-state index is 0.00173. The van der Waals surface area contributed by atoms with Crippen molar-refractivity contribution >= 4 is 23.3 Å². The van der Waals surface area contributed by atoms with E-state index in [-0.39, 0.29) is 35.6 Å². The molecule has 0 spiro atoms. The fourth-order valence-corrected chi connectivity index (χ4v) is 5.93. The van der Waals surface area contributed by atoms with Crippen LogP contribution in [0.5, 0.6) is 0 Å². The predicted molar refractivity (Wildman–Crippen MR) is 133 cm³/mol. The summed E-state index contributed by atoms with van der Waals surface area (Å²) in [5.41, 5.74) is 17.2. The Hall–Kier alpha value is -4.28. The van der Waals surface area contributed by atoms with Gasteiger partial charge in [-0.05, 0) is 38.7 Å². The van der Waals surface area contributed by atoms with Crippen LogP contribution in [-0.2, 0) is 7.05 Å². The van der Waals surface area contributed by atoms with Gasteiger partial charge in [0.1, 0.15) is 5.82 Å². The van der Waals surface area contributed by atoms with Crippen molar-refractivity contribution in [2.24, 2.45) is 12.8 Å². The maximum atomic E-state index is 12.7. The van der Waals surface area contributed by atoms with Crippen LogP contribution < -0.4 is 11.5 Å². The molecule has 36 heavy (non-hydrogen) atoms. The average Bonchev–Trinajstić information content (AvgIpc) is 3.54. The Balaban J connectivity index is 1.42. The largest absolute Gasteiger partial charge is 0.383 e. The fourth-order valence-electron chi connectivity index (χ4n) is 5.93. The maximum absolute atomic E-state index is 12.7. The number of aryl methyl sites for hydroxylation is 1. The lowest BCUT2D eigenvalue weighted by atomic mass is 9.85. The van der Waals surface area contributed by atoms with E-state index in [1.807, 2.05) is 25.4 Å². The van der Waals surface area contributed by atoms with Crippen molar-refractivity contribution in [1.29, 1.82) is 0 Å². The van der Waals surface area contributed by atoms with E-state index in [1.54, 1.807) is 28.2 Å². The maximum Gasteiger partial charge on any atom is 0.315 e. The van der Waals surface area contributed by atoms with Gasteiger partial charge in [-0.15, -0.1) is 0 Å². The van der Waals surface area contributed by atoms with Crippen molar-refractivity contribution in [2.45, 2.75) is 50.6 Å². The minimum atomic E-state index is -0.379. The number of pyridine rings is 1. The van der Waals surface area contributed by atoms with Crippen molar-refractivity contribution in [3.05, 3.63) is 48.2 Å². The fraction of sp³-hybridized carbons (Fsp3) is 0.360. The Morgan fingerprint density at radius 3 is 2.36 bits per heavy atom. The molecule has 184 valence electrons. The van der Waals surface area contributed by atoms with Crippen LogP contribution in [0.1, 0.15) is 54.6 Å². The van der Waals surface area contributed by atoms with Gasteiger partial charge in [0.15, 0.2) is 11.4 Å². The number of Topliss-reactive ketones (excluding diaryl/α,β-unsaturated/α-hetero) is 1. The van der Waals surface area contributed by atoms with Gasteiger partial charge in [-0.25, -0.2) is 9.78 Å². The number of piperidine rings is 1. The van der Waals surface area contributed by atoms with E-state index in [0.717, 1.165) is 35.2 Å². The van der Waals surface area contributed by atoms with Crippen molar-refractivity contribution in [3.8, 4) is 22.4 Å². The molecule has 2 saturated heterocycles. The third-order valence-electron chi connectivity index (χ3n) is 7.51. The van der Waals surface area contributed by atoms with Gasteiger partial charge in [-0.1, -0.05) is 6.07 Å². The molecule has 2 fully saturated rings. The summed E-state index contributed by atoms with van der Waals surface area (Å²) in [7, 11) is 1.86. The van der Waals surface area contributed by atoms with Gasteiger partial charge in [-0.3, -0.25) is 14.5 Å². The number of nitrogens with two attached hydrogens (primary N) is 2. The molecule has 2 amide bonds. The number of nitrogen functional groups attached to an aromatic ring is 1. The van der Waals surface area contributed by atoms with Gasteiger partial charge in [0, 0.05) is 54.1 Å². The number of ketones is 1. The number of primary amides is 1. The lowest BCUT2D eigenvalue weighted by Crippen LogP contribution is -2.48. The van der Waals surface area contributed by atoms with Crippen LogP contribution in [0, 0.1) is 0 Å². The Bertz CT molecular complexity index is 1490. The number of rotatable bonds is 4. The van der Waals surface area contributed by atoms with Gasteiger partial charge in [-0.2, -0.15) is 14.7 Å². The van der Waals surface area contributed by atoms with Gasteiger partial charge in [0.25, 0.3) is 0 Å². The van der Waals surface area contributed by atoms with Crippen molar-refractivity contribution < 1.29 is 9.59 Å². The molecule has 0 aromatic carbocycles. The Morgan fingerprint density at radius 1 is 1.03 bits per heavy atom. The standard InChI is InChI=1S/C25H27N9O2/c1-13(35)21-22(15-7-17-4-5-18(8-15)33(17)25(27)36)31-24-19(11-30-34(24)23(21)26)14-3-6-20(28-9-14)16-10-29-32(2)12-16/h3,6,9-12,15,17-18H,4-5,7-8,26H2,1-2H3,(H2,27,36)/t15-,17-,18+. The lowest BCUT2D eigenvalue weighted by molar-refractivity contribution is 0.101. The van der Waals surface area contributed by atoms with Crippen molar-refractivity contribution in [2.75, 3.05) is 5.73 Å². The molecule has 0 aliphatic carbocycles. The number of carbonyl (C=O) groups excluding carboxylic acids is 2. The van der Waals surface area contributed by atoms with Crippen LogP contribution in [0.15, 0.2) is 36.9 Å². The number of fused-ring (bicyclic) bond motifs is 3. The minimum Gasteiger partial charge on any atom is -0.383 e. The highest BCUT2D eigenvalue weighted by atomic mass is 16.2. The number of aromatic nitrogens is 6. The smallest absolute Gasteiger partial charge is 0.315 e.